The van der Waals surface area contributed by atoms with E-state index >= 15 is 0 Å². The molecule has 4 heteroatoms. The zero-order valence-corrected chi connectivity index (χ0v) is 11.0. The molecule has 4 aliphatic rings. The number of benzene rings is 1. The molecule has 0 aliphatic carbocycles. The molecule has 100 valence electrons. The van der Waals surface area contributed by atoms with Crippen molar-refractivity contribution >= 4 is 5.71 Å². The molecule has 0 aromatic heterocycles. The van der Waals surface area contributed by atoms with E-state index in [-0.39, 0.29) is 5.41 Å². The Bertz CT molecular complexity index is 497. The fraction of sp³-hybridized carbons (Fsp3) is 0.533. The van der Waals surface area contributed by atoms with Crippen LogP contribution in [0.4, 0.5) is 0 Å². The molecule has 1 N–H and O–H groups in total. The van der Waals surface area contributed by atoms with Crippen molar-refractivity contribution in [2.24, 2.45) is 11.1 Å². The van der Waals surface area contributed by atoms with Gasteiger partial charge in [-0.15, -0.1) is 0 Å². The van der Waals surface area contributed by atoms with Crippen LogP contribution in [-0.2, 0) is 5.41 Å². The summed E-state index contributed by atoms with van der Waals surface area (Å²) in [5, 5.41) is 13.3. The summed E-state index contributed by atoms with van der Waals surface area (Å²) in [7, 11) is 0. The van der Waals surface area contributed by atoms with Crippen molar-refractivity contribution in [3.8, 4) is 0 Å². The van der Waals surface area contributed by atoms with E-state index in [2.05, 4.69) is 39.2 Å². The highest BCUT2D eigenvalue weighted by molar-refractivity contribution is 5.99. The quantitative estimate of drug-likeness (QED) is 0.603. The standard InChI is InChI=1S/C15H19N3O/c19-16-14-12-8-17-6-7-18(9-12)11-15(14,10-17)13-4-2-1-3-5-13/h1-5,12,19H,6-11H2/b16-14-. The normalized spacial score (nSPS) is 42.5. The summed E-state index contributed by atoms with van der Waals surface area (Å²) < 4.78 is 0. The maximum atomic E-state index is 9.57. The van der Waals surface area contributed by atoms with Crippen molar-refractivity contribution < 1.29 is 5.21 Å². The van der Waals surface area contributed by atoms with E-state index in [1.807, 2.05) is 6.07 Å². The van der Waals surface area contributed by atoms with Gasteiger partial charge in [0.1, 0.15) is 0 Å². The Morgan fingerprint density at radius 1 is 1.05 bits per heavy atom. The summed E-state index contributed by atoms with van der Waals surface area (Å²) in [4.78, 5) is 5.08. The Kier molecular flexibility index (Phi) is 2.44. The molecule has 0 spiro atoms. The van der Waals surface area contributed by atoms with Crippen LogP contribution in [0.1, 0.15) is 5.56 Å². The average Bonchev–Trinajstić information content (AvgIpc) is 2.68. The third-order valence-corrected chi connectivity index (χ3v) is 4.99. The lowest BCUT2D eigenvalue weighted by Crippen LogP contribution is -2.63. The van der Waals surface area contributed by atoms with Crippen LogP contribution in [0.5, 0.6) is 0 Å². The number of oxime groups is 1. The predicted octanol–water partition coefficient (Wildman–Crippen LogP) is 1.02. The van der Waals surface area contributed by atoms with E-state index in [0.717, 1.165) is 45.0 Å². The van der Waals surface area contributed by atoms with Crippen LogP contribution < -0.4 is 0 Å². The number of fused-ring (bicyclic) bond motifs is 1. The zero-order valence-electron chi connectivity index (χ0n) is 11.0. The van der Waals surface area contributed by atoms with E-state index < -0.39 is 0 Å². The first-order chi connectivity index (χ1) is 9.32. The van der Waals surface area contributed by atoms with Gasteiger partial charge in [-0.2, -0.15) is 0 Å². The first kappa shape index (κ1) is 11.4. The molecule has 0 saturated carbocycles. The van der Waals surface area contributed by atoms with Gasteiger partial charge in [-0.25, -0.2) is 0 Å². The minimum atomic E-state index is -0.103. The van der Waals surface area contributed by atoms with Gasteiger partial charge in [0, 0.05) is 45.2 Å². The van der Waals surface area contributed by atoms with Gasteiger partial charge in [0.25, 0.3) is 0 Å². The van der Waals surface area contributed by atoms with Crippen LogP contribution in [0.25, 0.3) is 0 Å². The molecule has 2 atom stereocenters. The van der Waals surface area contributed by atoms with Crippen molar-refractivity contribution in [1.29, 1.82) is 0 Å². The highest BCUT2D eigenvalue weighted by atomic mass is 16.4. The van der Waals surface area contributed by atoms with Gasteiger partial charge in [0.2, 0.25) is 0 Å². The number of hydrogen-bond donors (Lipinski definition) is 1. The Hall–Kier alpha value is -1.39. The lowest BCUT2D eigenvalue weighted by molar-refractivity contribution is 0.155. The first-order valence-electron chi connectivity index (χ1n) is 7.04. The minimum Gasteiger partial charge on any atom is -0.411 e. The van der Waals surface area contributed by atoms with Gasteiger partial charge in [-0.05, 0) is 5.56 Å². The maximum absolute atomic E-state index is 9.57. The minimum absolute atomic E-state index is 0.103. The molecule has 4 nitrogen and oxygen atoms in total. The van der Waals surface area contributed by atoms with Crippen LogP contribution in [0.3, 0.4) is 0 Å². The highest BCUT2D eigenvalue weighted by Crippen LogP contribution is 2.40. The van der Waals surface area contributed by atoms with E-state index in [1.54, 1.807) is 0 Å². The highest BCUT2D eigenvalue weighted by Gasteiger charge is 2.53. The van der Waals surface area contributed by atoms with Crippen LogP contribution in [0, 0.1) is 5.92 Å². The Labute approximate surface area is 113 Å². The number of piperidine rings is 2. The fourth-order valence-electron chi connectivity index (χ4n) is 4.24. The van der Waals surface area contributed by atoms with E-state index in [4.69, 9.17) is 0 Å². The second-order valence-electron chi connectivity index (χ2n) is 6.10. The topological polar surface area (TPSA) is 39.1 Å². The second kappa shape index (κ2) is 4.05. The van der Waals surface area contributed by atoms with Crippen LogP contribution in [0.15, 0.2) is 35.5 Å². The second-order valence-corrected chi connectivity index (χ2v) is 6.10. The molecule has 0 radical (unpaired) electrons. The zero-order chi connectivity index (χ0) is 12.9. The molecule has 0 amide bonds. The number of rotatable bonds is 1. The molecular formula is C15H19N3O. The average molecular weight is 257 g/mol. The van der Waals surface area contributed by atoms with Gasteiger partial charge in [-0.1, -0.05) is 35.5 Å². The molecular weight excluding hydrogens is 238 g/mol. The Balaban J connectivity index is 1.88. The first-order valence-corrected chi connectivity index (χ1v) is 7.04. The summed E-state index contributed by atoms with van der Waals surface area (Å²) in [6.07, 6.45) is 0. The van der Waals surface area contributed by atoms with Gasteiger partial charge in [0.05, 0.1) is 11.1 Å². The van der Waals surface area contributed by atoms with Crippen LogP contribution in [-0.4, -0.2) is 60.0 Å². The molecule has 4 saturated heterocycles. The van der Waals surface area contributed by atoms with E-state index in [1.165, 1.54) is 5.56 Å². The summed E-state index contributed by atoms with van der Waals surface area (Å²) in [6, 6.07) is 10.6. The van der Waals surface area contributed by atoms with Crippen molar-refractivity contribution in [3.05, 3.63) is 35.9 Å². The van der Waals surface area contributed by atoms with Crippen LogP contribution in [0.2, 0.25) is 0 Å². The number of hydrogen-bond acceptors (Lipinski definition) is 4. The molecule has 2 unspecified atom stereocenters. The summed E-state index contributed by atoms with van der Waals surface area (Å²) >= 11 is 0. The largest absolute Gasteiger partial charge is 0.411 e. The van der Waals surface area contributed by atoms with Gasteiger partial charge < -0.3 is 15.0 Å². The Morgan fingerprint density at radius 2 is 1.68 bits per heavy atom. The van der Waals surface area contributed by atoms with Crippen LogP contribution >= 0.6 is 0 Å². The molecule has 4 fully saturated rings. The monoisotopic (exact) mass is 257 g/mol. The molecule has 1 aromatic rings. The smallest absolute Gasteiger partial charge is 0.0758 e. The molecule has 4 bridgehead atoms. The predicted molar refractivity (Wildman–Crippen MR) is 73.7 cm³/mol. The lowest BCUT2D eigenvalue weighted by atomic mass is 9.66. The van der Waals surface area contributed by atoms with E-state index in [9.17, 15) is 5.21 Å². The van der Waals surface area contributed by atoms with E-state index in [0.29, 0.717) is 5.92 Å². The van der Waals surface area contributed by atoms with Crippen molar-refractivity contribution in [3.63, 3.8) is 0 Å². The SMILES string of the molecule is O/N=C1/C2CN3CCN(C2)CC1(c1ccccc1)C3. The third kappa shape index (κ3) is 1.56. The summed E-state index contributed by atoms with van der Waals surface area (Å²) in [5.74, 6) is 0.384. The van der Waals surface area contributed by atoms with Gasteiger partial charge >= 0.3 is 0 Å². The van der Waals surface area contributed by atoms with Crippen molar-refractivity contribution in [2.45, 2.75) is 5.41 Å². The molecule has 4 aliphatic heterocycles. The lowest BCUT2D eigenvalue weighted by Gasteiger charge is -2.50. The fourth-order valence-corrected chi connectivity index (χ4v) is 4.24. The van der Waals surface area contributed by atoms with Crippen molar-refractivity contribution in [1.82, 2.24) is 9.80 Å². The van der Waals surface area contributed by atoms with Gasteiger partial charge in [0.15, 0.2) is 0 Å². The van der Waals surface area contributed by atoms with Crippen molar-refractivity contribution in [2.75, 3.05) is 39.3 Å². The van der Waals surface area contributed by atoms with Gasteiger partial charge in [-0.3, -0.25) is 0 Å². The summed E-state index contributed by atoms with van der Waals surface area (Å²) in [6.45, 7) is 6.36. The third-order valence-electron chi connectivity index (χ3n) is 4.99. The molecule has 19 heavy (non-hydrogen) atoms. The molecule has 4 heterocycles. The maximum Gasteiger partial charge on any atom is 0.0758 e. The molecule has 5 rings (SSSR count). The molecule has 1 aromatic carbocycles. The Morgan fingerprint density at radius 3 is 2.26 bits per heavy atom. The summed E-state index contributed by atoms with van der Waals surface area (Å²) in [5.41, 5.74) is 2.20. The number of nitrogens with zero attached hydrogens (tertiary/aromatic N) is 3.